The molecule has 18 heavy (non-hydrogen) atoms. The first-order valence-electron chi connectivity index (χ1n) is 5.85. The highest BCUT2D eigenvalue weighted by atomic mass is 16.4. The highest BCUT2D eigenvalue weighted by Gasteiger charge is 2.28. The molecule has 0 spiro atoms. The maximum atomic E-state index is 12.4. The number of carbonyl (C=O) groups excluding carboxylic acids is 1. The second-order valence-electron chi connectivity index (χ2n) is 4.29. The summed E-state index contributed by atoms with van der Waals surface area (Å²) in [6.45, 7) is 3.72. The molecule has 1 N–H and O–H groups in total. The number of fused-ring (bicyclic) bond motifs is 1. The van der Waals surface area contributed by atoms with Crippen molar-refractivity contribution in [3.8, 4) is 0 Å². The molecule has 0 atom stereocenters. The van der Waals surface area contributed by atoms with Crippen LogP contribution in [0.1, 0.15) is 36.2 Å². The van der Waals surface area contributed by atoms with Gasteiger partial charge in [0.15, 0.2) is 5.78 Å². The molecule has 0 amide bonds. The van der Waals surface area contributed by atoms with Crippen LogP contribution in [0.2, 0.25) is 0 Å². The Bertz CT molecular complexity index is 592. The molecule has 0 saturated heterocycles. The molecule has 92 valence electrons. The zero-order chi connectivity index (χ0) is 13.3. The second kappa shape index (κ2) is 4.61. The molecule has 0 aromatic heterocycles. The lowest BCUT2D eigenvalue weighted by atomic mass is 9.84. The van der Waals surface area contributed by atoms with Crippen molar-refractivity contribution in [3.05, 3.63) is 52.1 Å². The smallest absolute Gasteiger partial charge is 0.336 e. The maximum Gasteiger partial charge on any atom is 0.336 e. The van der Waals surface area contributed by atoms with Gasteiger partial charge >= 0.3 is 5.97 Å². The highest BCUT2D eigenvalue weighted by Crippen LogP contribution is 2.31. The van der Waals surface area contributed by atoms with Gasteiger partial charge in [-0.15, -0.1) is 0 Å². The van der Waals surface area contributed by atoms with Gasteiger partial charge in [0.25, 0.3) is 0 Å². The fraction of sp³-hybridized carbons (Fsp3) is 0.200. The van der Waals surface area contributed by atoms with Crippen LogP contribution in [0.4, 0.5) is 0 Å². The van der Waals surface area contributed by atoms with Gasteiger partial charge in [0.1, 0.15) is 0 Å². The summed E-state index contributed by atoms with van der Waals surface area (Å²) in [4.78, 5) is 23.7. The number of ketones is 1. The summed E-state index contributed by atoms with van der Waals surface area (Å²) in [5.74, 6) is -1.24. The third kappa shape index (κ3) is 1.88. The van der Waals surface area contributed by atoms with E-state index in [0.717, 1.165) is 5.57 Å². The number of carboxylic acids is 1. The number of benzene rings is 1. The van der Waals surface area contributed by atoms with Crippen LogP contribution in [0.3, 0.4) is 0 Å². The predicted octanol–water partition coefficient (Wildman–Crippen LogP) is 3.08. The van der Waals surface area contributed by atoms with Crippen LogP contribution in [0.25, 0.3) is 6.08 Å². The molecule has 0 radical (unpaired) electrons. The van der Waals surface area contributed by atoms with Gasteiger partial charge in [0, 0.05) is 11.1 Å². The van der Waals surface area contributed by atoms with Gasteiger partial charge in [0.05, 0.1) is 5.57 Å². The summed E-state index contributed by atoms with van der Waals surface area (Å²) in [5, 5.41) is 9.24. The topological polar surface area (TPSA) is 54.4 Å². The Morgan fingerprint density at radius 1 is 1.28 bits per heavy atom. The summed E-state index contributed by atoms with van der Waals surface area (Å²) in [7, 11) is 0. The maximum absolute atomic E-state index is 12.4. The Morgan fingerprint density at radius 3 is 2.56 bits per heavy atom. The number of Topliss-reactive ketones (excluding diaryl/α,β-unsaturated/α-hetero) is 1. The van der Waals surface area contributed by atoms with E-state index < -0.39 is 5.97 Å². The Morgan fingerprint density at radius 2 is 1.94 bits per heavy atom. The van der Waals surface area contributed by atoms with Crippen molar-refractivity contribution in [2.24, 2.45) is 0 Å². The molecule has 2 rings (SSSR count). The van der Waals surface area contributed by atoms with Crippen molar-refractivity contribution in [1.82, 2.24) is 0 Å². The standard InChI is InChI=1S/C15H14O3/c1-3-9(2)13-12(15(17)18)8-10-6-4-5-7-11(10)14(13)16/h4-8H,3H2,1-2H3,(H,17,18)/b13-9+. The fourth-order valence-corrected chi connectivity index (χ4v) is 2.08. The largest absolute Gasteiger partial charge is 0.478 e. The Hall–Kier alpha value is -2.16. The lowest BCUT2D eigenvalue weighted by Gasteiger charge is -2.18. The number of allylic oxidation sites excluding steroid dienone is 1. The number of carbonyl (C=O) groups is 2. The molecule has 0 unspecified atom stereocenters. The Balaban J connectivity index is 2.73. The van der Waals surface area contributed by atoms with Crippen LogP contribution in [-0.2, 0) is 4.79 Å². The average Bonchev–Trinajstić information content (AvgIpc) is 2.37. The molecule has 1 aliphatic rings. The quantitative estimate of drug-likeness (QED) is 0.811. The lowest BCUT2D eigenvalue weighted by Crippen LogP contribution is -2.18. The van der Waals surface area contributed by atoms with Gasteiger partial charge in [-0.05, 0) is 25.0 Å². The van der Waals surface area contributed by atoms with E-state index in [2.05, 4.69) is 0 Å². The van der Waals surface area contributed by atoms with E-state index in [9.17, 15) is 14.7 Å². The first-order chi connectivity index (χ1) is 8.56. The van der Waals surface area contributed by atoms with Crippen LogP contribution in [0.15, 0.2) is 41.0 Å². The van der Waals surface area contributed by atoms with E-state index in [1.54, 1.807) is 37.3 Å². The predicted molar refractivity (Wildman–Crippen MR) is 69.4 cm³/mol. The normalized spacial score (nSPS) is 17.0. The summed E-state index contributed by atoms with van der Waals surface area (Å²) < 4.78 is 0. The summed E-state index contributed by atoms with van der Waals surface area (Å²) >= 11 is 0. The minimum absolute atomic E-state index is 0.0954. The molecule has 1 aliphatic carbocycles. The highest BCUT2D eigenvalue weighted by molar-refractivity contribution is 6.23. The monoisotopic (exact) mass is 242 g/mol. The van der Waals surface area contributed by atoms with Gasteiger partial charge < -0.3 is 5.11 Å². The molecule has 3 heteroatoms. The first-order valence-corrected chi connectivity index (χ1v) is 5.85. The molecule has 3 nitrogen and oxygen atoms in total. The molecule has 0 fully saturated rings. The van der Waals surface area contributed by atoms with Crippen molar-refractivity contribution in [1.29, 1.82) is 0 Å². The van der Waals surface area contributed by atoms with Gasteiger partial charge in [0.2, 0.25) is 0 Å². The van der Waals surface area contributed by atoms with E-state index in [1.165, 1.54) is 0 Å². The summed E-state index contributed by atoms with van der Waals surface area (Å²) in [6, 6.07) is 7.07. The third-order valence-electron chi connectivity index (χ3n) is 3.19. The second-order valence-corrected chi connectivity index (χ2v) is 4.29. The molecule has 1 aromatic rings. The van der Waals surface area contributed by atoms with Gasteiger partial charge in [-0.1, -0.05) is 36.8 Å². The van der Waals surface area contributed by atoms with Crippen LogP contribution in [0.5, 0.6) is 0 Å². The summed E-state index contributed by atoms with van der Waals surface area (Å²) in [6.07, 6.45) is 2.24. The van der Waals surface area contributed by atoms with Crippen molar-refractivity contribution < 1.29 is 14.7 Å². The van der Waals surface area contributed by atoms with E-state index >= 15 is 0 Å². The Labute approximate surface area is 105 Å². The molecular formula is C15H14O3. The molecule has 0 saturated carbocycles. The van der Waals surface area contributed by atoms with Gasteiger partial charge in [-0.25, -0.2) is 4.79 Å². The SMILES string of the molecule is CC/C(C)=C1/C(=O)c2ccccc2C=C1C(=O)O. The van der Waals surface area contributed by atoms with Gasteiger partial charge in [-0.3, -0.25) is 4.79 Å². The molecular weight excluding hydrogens is 228 g/mol. The number of hydrogen-bond donors (Lipinski definition) is 1. The van der Waals surface area contributed by atoms with E-state index in [4.69, 9.17) is 0 Å². The van der Waals surface area contributed by atoms with E-state index in [-0.39, 0.29) is 11.4 Å². The number of aliphatic carboxylic acids is 1. The van der Waals surface area contributed by atoms with Crippen molar-refractivity contribution in [3.63, 3.8) is 0 Å². The van der Waals surface area contributed by atoms with E-state index in [0.29, 0.717) is 23.1 Å². The molecule has 0 heterocycles. The van der Waals surface area contributed by atoms with Crippen molar-refractivity contribution in [2.45, 2.75) is 20.3 Å². The minimum atomic E-state index is -1.05. The van der Waals surface area contributed by atoms with Crippen LogP contribution >= 0.6 is 0 Å². The number of rotatable bonds is 2. The molecule has 0 aliphatic heterocycles. The molecule has 0 bridgehead atoms. The number of carboxylic acid groups (broad SMARTS) is 1. The first kappa shape index (κ1) is 12.3. The zero-order valence-electron chi connectivity index (χ0n) is 10.4. The number of hydrogen-bond acceptors (Lipinski definition) is 2. The van der Waals surface area contributed by atoms with Crippen LogP contribution in [-0.4, -0.2) is 16.9 Å². The Kier molecular flexibility index (Phi) is 3.15. The fourth-order valence-electron chi connectivity index (χ4n) is 2.08. The van der Waals surface area contributed by atoms with E-state index in [1.807, 2.05) is 6.92 Å². The van der Waals surface area contributed by atoms with Crippen molar-refractivity contribution >= 4 is 17.8 Å². The van der Waals surface area contributed by atoms with Gasteiger partial charge in [-0.2, -0.15) is 0 Å². The molecule has 1 aromatic carbocycles. The lowest BCUT2D eigenvalue weighted by molar-refractivity contribution is -0.132. The summed E-state index contributed by atoms with van der Waals surface area (Å²) in [5.41, 5.74) is 2.49. The van der Waals surface area contributed by atoms with Crippen LogP contribution < -0.4 is 0 Å². The minimum Gasteiger partial charge on any atom is -0.478 e. The van der Waals surface area contributed by atoms with Crippen molar-refractivity contribution in [2.75, 3.05) is 0 Å². The zero-order valence-corrected chi connectivity index (χ0v) is 10.4. The average molecular weight is 242 g/mol. The van der Waals surface area contributed by atoms with Crippen LogP contribution in [0, 0.1) is 0 Å². The third-order valence-corrected chi connectivity index (χ3v) is 3.19.